The zero-order valence-electron chi connectivity index (χ0n) is 10.6. The number of nitrogens with two attached hydrogens (primary N) is 1. The molecular formula is C14H12ClN5. The summed E-state index contributed by atoms with van der Waals surface area (Å²) >= 11 is 5.95. The van der Waals surface area contributed by atoms with Crippen LogP contribution in [0.4, 0.5) is 5.69 Å². The van der Waals surface area contributed by atoms with E-state index in [0.29, 0.717) is 23.1 Å². The Bertz CT molecular complexity index is 738. The first kappa shape index (κ1) is 12.6. The van der Waals surface area contributed by atoms with Crippen molar-refractivity contribution in [2.24, 2.45) is 0 Å². The highest BCUT2D eigenvalue weighted by Crippen LogP contribution is 2.17. The summed E-state index contributed by atoms with van der Waals surface area (Å²) in [6.45, 7) is 0.524. The van der Waals surface area contributed by atoms with Crippen molar-refractivity contribution in [3.8, 4) is 11.4 Å². The molecule has 0 aliphatic heterocycles. The molecule has 0 aliphatic rings. The number of nitrogens with zero attached hydrogens (tertiary/aromatic N) is 4. The molecule has 0 spiro atoms. The standard InChI is InChI=1S/C14H12ClN5/c15-12-5-1-3-10(7-12)9-20-18-14(17-19-20)11-4-2-6-13(16)8-11/h1-8H,9,16H2. The van der Waals surface area contributed by atoms with Crippen molar-refractivity contribution in [2.45, 2.75) is 6.54 Å². The summed E-state index contributed by atoms with van der Waals surface area (Å²) in [5.41, 5.74) is 8.29. The normalized spacial score (nSPS) is 10.7. The fourth-order valence-corrected chi connectivity index (χ4v) is 2.12. The average molecular weight is 286 g/mol. The van der Waals surface area contributed by atoms with Crippen LogP contribution in [0.1, 0.15) is 5.56 Å². The van der Waals surface area contributed by atoms with Crippen molar-refractivity contribution in [3.63, 3.8) is 0 Å². The number of rotatable bonds is 3. The Morgan fingerprint density at radius 2 is 1.95 bits per heavy atom. The predicted molar refractivity (Wildman–Crippen MR) is 78.2 cm³/mol. The summed E-state index contributed by atoms with van der Waals surface area (Å²) < 4.78 is 0. The van der Waals surface area contributed by atoms with Crippen LogP contribution >= 0.6 is 11.6 Å². The zero-order valence-corrected chi connectivity index (χ0v) is 11.3. The topological polar surface area (TPSA) is 69.6 Å². The average Bonchev–Trinajstić information content (AvgIpc) is 2.87. The molecule has 3 rings (SSSR count). The fourth-order valence-electron chi connectivity index (χ4n) is 1.90. The third kappa shape index (κ3) is 2.78. The molecular weight excluding hydrogens is 274 g/mol. The van der Waals surface area contributed by atoms with Gasteiger partial charge in [0, 0.05) is 16.3 Å². The summed E-state index contributed by atoms with van der Waals surface area (Å²) in [5, 5.41) is 13.1. The van der Waals surface area contributed by atoms with Crippen LogP contribution in [0.5, 0.6) is 0 Å². The molecule has 6 heteroatoms. The van der Waals surface area contributed by atoms with Gasteiger partial charge in [-0.05, 0) is 35.0 Å². The monoisotopic (exact) mass is 285 g/mol. The number of anilines is 1. The van der Waals surface area contributed by atoms with E-state index in [1.165, 1.54) is 4.80 Å². The molecule has 2 N–H and O–H groups in total. The number of tetrazole rings is 1. The van der Waals surface area contributed by atoms with Crippen LogP contribution in [0.15, 0.2) is 48.5 Å². The van der Waals surface area contributed by atoms with E-state index in [1.807, 2.05) is 48.5 Å². The van der Waals surface area contributed by atoms with Crippen LogP contribution in [0.3, 0.4) is 0 Å². The second kappa shape index (κ2) is 5.30. The first-order chi connectivity index (χ1) is 9.70. The van der Waals surface area contributed by atoms with Gasteiger partial charge in [-0.15, -0.1) is 10.2 Å². The van der Waals surface area contributed by atoms with Gasteiger partial charge in [-0.25, -0.2) is 0 Å². The van der Waals surface area contributed by atoms with E-state index in [2.05, 4.69) is 15.4 Å². The number of hydrogen-bond acceptors (Lipinski definition) is 4. The Kier molecular flexibility index (Phi) is 3.35. The molecule has 20 heavy (non-hydrogen) atoms. The quantitative estimate of drug-likeness (QED) is 0.751. The molecule has 2 aromatic carbocycles. The fraction of sp³-hybridized carbons (Fsp3) is 0.0714. The van der Waals surface area contributed by atoms with E-state index in [-0.39, 0.29) is 0 Å². The lowest BCUT2D eigenvalue weighted by Crippen LogP contribution is -2.03. The van der Waals surface area contributed by atoms with Crippen LogP contribution in [-0.4, -0.2) is 20.2 Å². The Balaban J connectivity index is 1.84. The lowest BCUT2D eigenvalue weighted by Gasteiger charge is -2.00. The predicted octanol–water partition coefficient (Wildman–Crippen LogP) is 2.62. The van der Waals surface area contributed by atoms with Gasteiger partial charge in [0.15, 0.2) is 0 Å². The van der Waals surface area contributed by atoms with Crippen LogP contribution in [0.25, 0.3) is 11.4 Å². The SMILES string of the molecule is Nc1cccc(-c2nnn(Cc3cccc(Cl)c3)n2)c1. The molecule has 0 radical (unpaired) electrons. The van der Waals surface area contributed by atoms with Crippen molar-refractivity contribution >= 4 is 17.3 Å². The largest absolute Gasteiger partial charge is 0.399 e. The summed E-state index contributed by atoms with van der Waals surface area (Å²) in [5.74, 6) is 0.555. The first-order valence-corrected chi connectivity index (χ1v) is 6.47. The second-order valence-electron chi connectivity index (χ2n) is 4.40. The molecule has 0 saturated carbocycles. The Morgan fingerprint density at radius 3 is 2.75 bits per heavy atom. The van der Waals surface area contributed by atoms with Crippen molar-refractivity contribution < 1.29 is 0 Å². The second-order valence-corrected chi connectivity index (χ2v) is 4.84. The molecule has 5 nitrogen and oxygen atoms in total. The highest BCUT2D eigenvalue weighted by atomic mass is 35.5. The number of nitrogen functional groups attached to an aromatic ring is 1. The van der Waals surface area contributed by atoms with E-state index >= 15 is 0 Å². The third-order valence-corrected chi connectivity index (χ3v) is 3.05. The molecule has 100 valence electrons. The van der Waals surface area contributed by atoms with Crippen molar-refractivity contribution in [2.75, 3.05) is 5.73 Å². The Hall–Kier alpha value is -2.40. The van der Waals surface area contributed by atoms with Crippen molar-refractivity contribution in [1.29, 1.82) is 0 Å². The molecule has 0 fully saturated rings. The third-order valence-electron chi connectivity index (χ3n) is 2.81. The molecule has 3 aromatic rings. The van der Waals surface area contributed by atoms with Gasteiger partial charge in [0.25, 0.3) is 0 Å². The molecule has 0 atom stereocenters. The maximum absolute atomic E-state index is 5.95. The number of hydrogen-bond donors (Lipinski definition) is 1. The minimum atomic E-state index is 0.524. The van der Waals surface area contributed by atoms with E-state index in [4.69, 9.17) is 17.3 Å². The first-order valence-electron chi connectivity index (χ1n) is 6.09. The molecule has 0 amide bonds. The number of benzene rings is 2. The van der Waals surface area contributed by atoms with Crippen LogP contribution in [0, 0.1) is 0 Å². The lowest BCUT2D eigenvalue weighted by atomic mass is 10.2. The minimum absolute atomic E-state index is 0.524. The molecule has 1 heterocycles. The maximum atomic E-state index is 5.95. The summed E-state index contributed by atoms with van der Waals surface area (Å²) in [4.78, 5) is 1.53. The van der Waals surface area contributed by atoms with Gasteiger partial charge < -0.3 is 5.73 Å². The minimum Gasteiger partial charge on any atom is -0.399 e. The van der Waals surface area contributed by atoms with Crippen LogP contribution < -0.4 is 5.73 Å². The number of aromatic nitrogens is 4. The van der Waals surface area contributed by atoms with E-state index in [0.717, 1.165) is 11.1 Å². The van der Waals surface area contributed by atoms with Gasteiger partial charge in [-0.1, -0.05) is 35.9 Å². The highest BCUT2D eigenvalue weighted by molar-refractivity contribution is 6.30. The van der Waals surface area contributed by atoms with Gasteiger partial charge in [-0.3, -0.25) is 0 Å². The smallest absolute Gasteiger partial charge is 0.205 e. The summed E-state index contributed by atoms with van der Waals surface area (Å²) in [7, 11) is 0. The zero-order chi connectivity index (χ0) is 13.9. The summed E-state index contributed by atoms with van der Waals surface area (Å²) in [6, 6.07) is 15.0. The van der Waals surface area contributed by atoms with Crippen LogP contribution in [0.2, 0.25) is 5.02 Å². The van der Waals surface area contributed by atoms with Gasteiger partial charge in [0.1, 0.15) is 0 Å². The Labute approximate surface area is 121 Å². The number of halogens is 1. The maximum Gasteiger partial charge on any atom is 0.205 e. The van der Waals surface area contributed by atoms with E-state index < -0.39 is 0 Å². The Morgan fingerprint density at radius 1 is 1.10 bits per heavy atom. The van der Waals surface area contributed by atoms with E-state index in [1.54, 1.807) is 0 Å². The van der Waals surface area contributed by atoms with E-state index in [9.17, 15) is 0 Å². The molecule has 0 unspecified atom stereocenters. The van der Waals surface area contributed by atoms with Gasteiger partial charge in [0.2, 0.25) is 5.82 Å². The van der Waals surface area contributed by atoms with Crippen molar-refractivity contribution in [3.05, 3.63) is 59.1 Å². The van der Waals surface area contributed by atoms with Gasteiger partial charge in [0.05, 0.1) is 6.54 Å². The van der Waals surface area contributed by atoms with Gasteiger partial charge in [-0.2, -0.15) is 4.80 Å². The molecule has 0 bridgehead atoms. The molecule has 0 saturated heterocycles. The van der Waals surface area contributed by atoms with Crippen molar-refractivity contribution in [1.82, 2.24) is 20.2 Å². The summed E-state index contributed by atoms with van der Waals surface area (Å²) in [6.07, 6.45) is 0. The molecule has 0 aliphatic carbocycles. The highest BCUT2D eigenvalue weighted by Gasteiger charge is 2.06. The molecule has 1 aromatic heterocycles. The van der Waals surface area contributed by atoms with Gasteiger partial charge >= 0.3 is 0 Å². The van der Waals surface area contributed by atoms with Crippen LogP contribution in [-0.2, 0) is 6.54 Å². The lowest BCUT2D eigenvalue weighted by molar-refractivity contribution is 0.573.